The summed E-state index contributed by atoms with van der Waals surface area (Å²) in [4.78, 5) is 12.3. The second-order valence-corrected chi connectivity index (χ2v) is 6.70. The molecule has 1 aromatic rings. The van der Waals surface area contributed by atoms with Crippen LogP contribution in [-0.4, -0.2) is 42.7 Å². The van der Waals surface area contributed by atoms with Crippen LogP contribution >= 0.6 is 0 Å². The van der Waals surface area contributed by atoms with E-state index < -0.39 is 0 Å². The predicted molar refractivity (Wildman–Crippen MR) is 83.0 cm³/mol. The molecular weight excluding hydrogens is 262 g/mol. The molecule has 4 rings (SSSR count). The molecule has 3 fully saturated rings. The van der Waals surface area contributed by atoms with Crippen LogP contribution in [0.5, 0.6) is 0 Å². The minimum Gasteiger partial charge on any atom is -0.452 e. The summed E-state index contributed by atoms with van der Waals surface area (Å²) >= 11 is 0. The van der Waals surface area contributed by atoms with Crippen LogP contribution in [0.15, 0.2) is 30.3 Å². The molecule has 1 atom stereocenters. The molecule has 3 saturated heterocycles. The monoisotopic (exact) mass is 288 g/mol. The zero-order valence-electron chi connectivity index (χ0n) is 13.0. The highest BCUT2D eigenvalue weighted by Crippen LogP contribution is 2.36. The van der Waals surface area contributed by atoms with E-state index in [1.165, 1.54) is 49.8 Å². The Balaban J connectivity index is 1.65. The molecule has 2 bridgehead atoms. The van der Waals surface area contributed by atoms with E-state index in [1.54, 1.807) is 0 Å². The van der Waals surface area contributed by atoms with Crippen LogP contribution in [0.4, 0.5) is 0 Å². The second-order valence-electron chi connectivity index (χ2n) is 6.70. The van der Waals surface area contributed by atoms with E-state index in [-0.39, 0.29) is 12.1 Å². The molecule has 0 unspecified atom stereocenters. The van der Waals surface area contributed by atoms with Gasteiger partial charge in [-0.15, -0.1) is 0 Å². The van der Waals surface area contributed by atoms with Crippen LogP contribution in [0, 0.1) is 5.92 Å². The summed E-state index contributed by atoms with van der Waals surface area (Å²) in [6.45, 7) is 7.10. The van der Waals surface area contributed by atoms with Gasteiger partial charge < -0.3 is 9.22 Å². The number of quaternary nitrogens is 1. The number of hydrogen-bond donors (Lipinski definition) is 0. The number of fused-ring (bicyclic) bond motifs is 3. The van der Waals surface area contributed by atoms with Gasteiger partial charge >= 0.3 is 5.97 Å². The maximum Gasteiger partial charge on any atom is 0.338 e. The predicted octanol–water partition coefficient (Wildman–Crippen LogP) is 3.25. The molecule has 0 aromatic heterocycles. The van der Waals surface area contributed by atoms with Gasteiger partial charge in [-0.2, -0.15) is 0 Å². The van der Waals surface area contributed by atoms with Gasteiger partial charge in [-0.1, -0.05) is 31.5 Å². The largest absolute Gasteiger partial charge is 0.452 e. The van der Waals surface area contributed by atoms with E-state index in [0.717, 1.165) is 6.54 Å². The third-order valence-electron chi connectivity index (χ3n) is 5.30. The zero-order valence-corrected chi connectivity index (χ0v) is 13.0. The summed E-state index contributed by atoms with van der Waals surface area (Å²) in [5.41, 5.74) is 0.675. The van der Waals surface area contributed by atoms with Crippen LogP contribution in [0.1, 0.15) is 43.0 Å². The molecule has 3 heterocycles. The molecule has 3 aliphatic heterocycles. The number of carbonyl (C=O) groups excluding carboxylic acids is 1. The van der Waals surface area contributed by atoms with Crippen molar-refractivity contribution >= 4 is 5.97 Å². The van der Waals surface area contributed by atoms with Crippen LogP contribution in [0.25, 0.3) is 0 Å². The van der Waals surface area contributed by atoms with Crippen molar-refractivity contribution in [3.63, 3.8) is 0 Å². The smallest absolute Gasteiger partial charge is 0.338 e. The van der Waals surface area contributed by atoms with Crippen LogP contribution in [-0.2, 0) is 4.74 Å². The van der Waals surface area contributed by atoms with E-state index >= 15 is 0 Å². The molecule has 0 amide bonds. The van der Waals surface area contributed by atoms with Crippen LogP contribution < -0.4 is 0 Å². The highest BCUT2D eigenvalue weighted by Gasteiger charge is 2.47. The summed E-state index contributed by atoms with van der Waals surface area (Å²) in [7, 11) is 0. The number of rotatable bonds is 5. The van der Waals surface area contributed by atoms with Crippen molar-refractivity contribution in [2.24, 2.45) is 5.92 Å². The lowest BCUT2D eigenvalue weighted by molar-refractivity contribution is -0.946. The number of piperidine rings is 3. The first kappa shape index (κ1) is 14.6. The Bertz CT molecular complexity index is 477. The van der Waals surface area contributed by atoms with Gasteiger partial charge in [0.2, 0.25) is 0 Å². The van der Waals surface area contributed by atoms with Crippen molar-refractivity contribution in [3.8, 4) is 0 Å². The van der Waals surface area contributed by atoms with Crippen LogP contribution in [0.2, 0.25) is 0 Å². The average Bonchev–Trinajstić information content (AvgIpc) is 2.55. The lowest BCUT2D eigenvalue weighted by Gasteiger charge is -2.52. The Morgan fingerprint density at radius 1 is 1.24 bits per heavy atom. The molecule has 3 nitrogen and oxygen atoms in total. The van der Waals surface area contributed by atoms with E-state index in [2.05, 4.69) is 6.92 Å². The molecule has 114 valence electrons. The SMILES string of the molecule is CCCC[N+]12CCC(CC1)[C@@H](OC(=O)c1ccccc1)C2. The fourth-order valence-corrected chi connectivity index (χ4v) is 3.94. The molecule has 0 N–H and O–H groups in total. The summed E-state index contributed by atoms with van der Waals surface area (Å²) in [6, 6.07) is 9.39. The fourth-order valence-electron chi connectivity index (χ4n) is 3.94. The standard InChI is InChI=1S/C18H26NO2/c1-2-3-11-19-12-9-15(10-13-19)17(14-19)21-18(20)16-7-5-4-6-8-16/h4-8,15,17H,2-3,9-14H2,1H3/q+1/t15?,17-,19?/m0/s1. The zero-order chi connectivity index (χ0) is 14.7. The molecule has 0 spiro atoms. The van der Waals surface area contributed by atoms with Crippen molar-refractivity contribution in [2.45, 2.75) is 38.7 Å². The van der Waals surface area contributed by atoms with Gasteiger partial charge in [-0.3, -0.25) is 0 Å². The van der Waals surface area contributed by atoms with Crippen molar-refractivity contribution in [3.05, 3.63) is 35.9 Å². The minimum atomic E-state index is -0.150. The third kappa shape index (κ3) is 3.13. The van der Waals surface area contributed by atoms with Gasteiger partial charge in [-0.25, -0.2) is 4.79 Å². The van der Waals surface area contributed by atoms with E-state index in [0.29, 0.717) is 11.5 Å². The maximum atomic E-state index is 12.3. The van der Waals surface area contributed by atoms with Crippen molar-refractivity contribution in [1.29, 1.82) is 0 Å². The van der Waals surface area contributed by atoms with Gasteiger partial charge in [0, 0.05) is 18.8 Å². The quantitative estimate of drug-likeness (QED) is 0.614. The first-order valence-electron chi connectivity index (χ1n) is 8.33. The average molecular weight is 288 g/mol. The number of esters is 1. The number of carbonyl (C=O) groups is 1. The number of unbranched alkanes of at least 4 members (excludes halogenated alkanes) is 1. The second kappa shape index (κ2) is 6.18. The molecule has 3 heteroatoms. The molecule has 3 aliphatic rings. The lowest BCUT2D eigenvalue weighted by Crippen LogP contribution is -2.64. The Hall–Kier alpha value is -1.35. The van der Waals surface area contributed by atoms with Gasteiger partial charge in [0.15, 0.2) is 6.10 Å². The van der Waals surface area contributed by atoms with Crippen LogP contribution in [0.3, 0.4) is 0 Å². The normalized spacial score (nSPS) is 31.1. The van der Waals surface area contributed by atoms with Gasteiger partial charge in [0.1, 0.15) is 6.54 Å². The van der Waals surface area contributed by atoms with Gasteiger partial charge in [0.05, 0.1) is 25.2 Å². The maximum absolute atomic E-state index is 12.3. The lowest BCUT2D eigenvalue weighted by atomic mass is 9.83. The van der Waals surface area contributed by atoms with E-state index in [1.807, 2.05) is 30.3 Å². The van der Waals surface area contributed by atoms with E-state index in [4.69, 9.17) is 4.74 Å². The summed E-state index contributed by atoms with van der Waals surface area (Å²) < 4.78 is 7.04. The highest BCUT2D eigenvalue weighted by molar-refractivity contribution is 5.89. The molecule has 21 heavy (non-hydrogen) atoms. The summed E-state index contributed by atoms with van der Waals surface area (Å²) in [5.74, 6) is 0.433. The molecular formula is C18H26NO2+. The Kier molecular flexibility index (Phi) is 4.29. The van der Waals surface area contributed by atoms with Crippen molar-refractivity contribution < 1.29 is 14.0 Å². The third-order valence-corrected chi connectivity index (χ3v) is 5.30. The number of hydrogen-bond acceptors (Lipinski definition) is 2. The number of benzene rings is 1. The van der Waals surface area contributed by atoms with Gasteiger partial charge in [-0.05, 0) is 18.6 Å². The topological polar surface area (TPSA) is 26.3 Å². The highest BCUT2D eigenvalue weighted by atomic mass is 16.5. The molecule has 0 saturated carbocycles. The molecule has 0 aliphatic carbocycles. The van der Waals surface area contributed by atoms with Crippen molar-refractivity contribution in [2.75, 3.05) is 26.2 Å². The molecule has 0 radical (unpaired) electrons. The Morgan fingerprint density at radius 2 is 1.95 bits per heavy atom. The Labute approximate surface area is 127 Å². The summed E-state index contributed by atoms with van der Waals surface area (Å²) in [5, 5.41) is 0. The molecule has 1 aromatic carbocycles. The first-order chi connectivity index (χ1) is 10.2. The van der Waals surface area contributed by atoms with E-state index in [9.17, 15) is 4.79 Å². The number of nitrogens with zero attached hydrogens (tertiary/aromatic N) is 1. The Morgan fingerprint density at radius 3 is 2.62 bits per heavy atom. The number of ether oxygens (including phenoxy) is 1. The van der Waals surface area contributed by atoms with Crippen molar-refractivity contribution in [1.82, 2.24) is 0 Å². The first-order valence-corrected chi connectivity index (χ1v) is 8.33. The van der Waals surface area contributed by atoms with Gasteiger partial charge in [0.25, 0.3) is 0 Å². The minimum absolute atomic E-state index is 0.122. The fraction of sp³-hybridized carbons (Fsp3) is 0.611. The summed E-state index contributed by atoms with van der Waals surface area (Å²) in [6.07, 6.45) is 5.09.